The van der Waals surface area contributed by atoms with Gasteiger partial charge in [0.05, 0.1) is 13.2 Å². The number of fused-ring (bicyclic) bond motifs is 1. The van der Waals surface area contributed by atoms with Gasteiger partial charge >= 0.3 is 0 Å². The topological polar surface area (TPSA) is 55.4 Å². The fourth-order valence-electron chi connectivity index (χ4n) is 3.77. The molecule has 6 heteroatoms. The highest BCUT2D eigenvalue weighted by atomic mass is 16.9. The number of benzene rings is 2. The van der Waals surface area contributed by atoms with Crippen molar-refractivity contribution in [1.29, 1.82) is 0 Å². The number of hydrogen-bond acceptors (Lipinski definition) is 6. The first kappa shape index (κ1) is 20.5. The van der Waals surface area contributed by atoms with Gasteiger partial charge in [-0.1, -0.05) is 60.7 Å². The van der Waals surface area contributed by atoms with Crippen LogP contribution in [0.4, 0.5) is 0 Å². The van der Waals surface area contributed by atoms with Gasteiger partial charge in [-0.05, 0) is 25.0 Å². The second kappa shape index (κ2) is 8.52. The van der Waals surface area contributed by atoms with Crippen molar-refractivity contribution < 1.29 is 28.4 Å². The van der Waals surface area contributed by atoms with Crippen molar-refractivity contribution in [3.8, 4) is 0 Å². The highest BCUT2D eigenvalue weighted by molar-refractivity contribution is 5.14. The summed E-state index contributed by atoms with van der Waals surface area (Å²) in [6.07, 6.45) is -1.49. The number of ether oxygens (including phenoxy) is 6. The molecule has 6 nitrogen and oxygen atoms in total. The first-order valence-corrected chi connectivity index (χ1v) is 9.87. The van der Waals surface area contributed by atoms with Gasteiger partial charge in [-0.25, -0.2) is 0 Å². The van der Waals surface area contributed by atoms with Gasteiger partial charge < -0.3 is 28.4 Å². The maximum absolute atomic E-state index is 6.27. The summed E-state index contributed by atoms with van der Waals surface area (Å²) in [5.74, 6) is -1.86. The quantitative estimate of drug-likeness (QED) is 0.674. The zero-order chi connectivity index (χ0) is 20.3. The molecule has 0 radical (unpaired) electrons. The van der Waals surface area contributed by atoms with Gasteiger partial charge in [0.2, 0.25) is 5.79 Å². The lowest BCUT2D eigenvalue weighted by atomic mass is 10.1. The normalized spacial score (nSPS) is 30.4. The lowest BCUT2D eigenvalue weighted by molar-refractivity contribution is -0.328. The smallest absolute Gasteiger partial charge is 0.224 e. The van der Waals surface area contributed by atoms with Crippen LogP contribution in [0, 0.1) is 0 Å². The van der Waals surface area contributed by atoms with Crippen LogP contribution in [0.2, 0.25) is 0 Å². The van der Waals surface area contributed by atoms with Crippen LogP contribution in [0.15, 0.2) is 60.7 Å². The summed E-state index contributed by atoms with van der Waals surface area (Å²) in [7, 11) is 1.59. The summed E-state index contributed by atoms with van der Waals surface area (Å²) >= 11 is 0. The van der Waals surface area contributed by atoms with Crippen LogP contribution in [-0.4, -0.2) is 43.8 Å². The molecule has 2 fully saturated rings. The Morgan fingerprint density at radius 3 is 2.07 bits per heavy atom. The molecule has 2 aliphatic rings. The summed E-state index contributed by atoms with van der Waals surface area (Å²) in [4.78, 5) is 0. The van der Waals surface area contributed by atoms with Gasteiger partial charge in [0, 0.05) is 7.11 Å². The zero-order valence-electron chi connectivity index (χ0n) is 17.1. The van der Waals surface area contributed by atoms with Crippen LogP contribution < -0.4 is 0 Å². The molecule has 0 unspecified atom stereocenters. The van der Waals surface area contributed by atoms with Gasteiger partial charge in [-0.3, -0.25) is 0 Å². The Bertz CT molecular complexity index is 780. The van der Waals surface area contributed by atoms with Crippen LogP contribution in [0.3, 0.4) is 0 Å². The van der Waals surface area contributed by atoms with Gasteiger partial charge in [0.25, 0.3) is 0 Å². The molecule has 0 N–H and O–H groups in total. The van der Waals surface area contributed by atoms with Crippen molar-refractivity contribution in [2.75, 3.05) is 13.7 Å². The van der Waals surface area contributed by atoms with Crippen LogP contribution in [-0.2, 0) is 41.6 Å². The van der Waals surface area contributed by atoms with Gasteiger partial charge in [-0.2, -0.15) is 0 Å². The lowest BCUT2D eigenvalue weighted by Crippen LogP contribution is -2.51. The maximum atomic E-state index is 6.27. The van der Waals surface area contributed by atoms with E-state index in [4.69, 9.17) is 28.4 Å². The molecule has 0 amide bonds. The van der Waals surface area contributed by atoms with Crippen LogP contribution in [0.5, 0.6) is 0 Å². The molecule has 156 valence electrons. The lowest BCUT2D eigenvalue weighted by Gasteiger charge is -2.35. The van der Waals surface area contributed by atoms with E-state index < -0.39 is 30.1 Å². The van der Waals surface area contributed by atoms with E-state index >= 15 is 0 Å². The monoisotopic (exact) mass is 400 g/mol. The highest BCUT2D eigenvalue weighted by Crippen LogP contribution is 2.44. The zero-order valence-corrected chi connectivity index (χ0v) is 17.1. The number of methoxy groups -OCH3 is 1. The summed E-state index contributed by atoms with van der Waals surface area (Å²) in [5, 5.41) is 0. The van der Waals surface area contributed by atoms with E-state index in [1.165, 1.54) is 0 Å². The predicted octanol–water partition coefficient (Wildman–Crippen LogP) is 3.64. The van der Waals surface area contributed by atoms with Crippen LogP contribution in [0.1, 0.15) is 25.0 Å². The van der Waals surface area contributed by atoms with E-state index in [-0.39, 0.29) is 6.61 Å². The Kier molecular flexibility index (Phi) is 6.01. The van der Waals surface area contributed by atoms with E-state index in [1.54, 1.807) is 7.11 Å². The molecule has 2 aliphatic heterocycles. The van der Waals surface area contributed by atoms with Gasteiger partial charge in [0.15, 0.2) is 12.1 Å². The van der Waals surface area contributed by atoms with Crippen molar-refractivity contribution in [3.63, 3.8) is 0 Å². The largest absolute Gasteiger partial charge is 0.371 e. The van der Waals surface area contributed by atoms with Crippen LogP contribution in [0.25, 0.3) is 0 Å². The summed E-state index contributed by atoms with van der Waals surface area (Å²) in [5.41, 5.74) is 2.14. The van der Waals surface area contributed by atoms with Crippen molar-refractivity contribution in [2.45, 2.75) is 57.1 Å². The average Bonchev–Trinajstić information content (AvgIpc) is 3.17. The number of rotatable bonds is 8. The van der Waals surface area contributed by atoms with Gasteiger partial charge in [0.1, 0.15) is 18.8 Å². The standard InChI is InChI=1S/C23H28O6/c1-22(2)27-19-20(26-15-18-12-8-5-9-13-18)23(24-3,29-21(19)28-22)16-25-14-17-10-6-4-7-11-17/h4-13,19-21H,14-16H2,1-3H3/t19-,20+,21+,23-/m1/s1. The first-order valence-electron chi connectivity index (χ1n) is 9.87. The van der Waals surface area contributed by atoms with Crippen molar-refractivity contribution >= 4 is 0 Å². The second-order valence-electron chi connectivity index (χ2n) is 7.80. The molecule has 4 rings (SSSR count). The summed E-state index contributed by atoms with van der Waals surface area (Å²) in [6, 6.07) is 20.0. The molecule has 2 aromatic rings. The third-order valence-corrected chi connectivity index (χ3v) is 5.17. The molecule has 0 saturated carbocycles. The molecule has 29 heavy (non-hydrogen) atoms. The van der Waals surface area contributed by atoms with Crippen molar-refractivity contribution in [1.82, 2.24) is 0 Å². The Labute approximate surface area is 171 Å². The fourth-order valence-corrected chi connectivity index (χ4v) is 3.77. The van der Waals surface area contributed by atoms with E-state index in [0.717, 1.165) is 11.1 Å². The molecule has 2 saturated heterocycles. The molecular weight excluding hydrogens is 372 g/mol. The molecule has 2 aromatic carbocycles. The molecule has 0 bridgehead atoms. The van der Waals surface area contributed by atoms with E-state index in [0.29, 0.717) is 13.2 Å². The molecule has 4 atom stereocenters. The fraction of sp³-hybridized carbons (Fsp3) is 0.478. The molecule has 0 spiro atoms. The first-order chi connectivity index (χ1) is 14.0. The Morgan fingerprint density at radius 1 is 0.828 bits per heavy atom. The Hall–Kier alpha value is -1.80. The van der Waals surface area contributed by atoms with Gasteiger partial charge in [-0.15, -0.1) is 0 Å². The Morgan fingerprint density at radius 2 is 1.45 bits per heavy atom. The highest BCUT2D eigenvalue weighted by Gasteiger charge is 2.63. The second-order valence-corrected chi connectivity index (χ2v) is 7.80. The summed E-state index contributed by atoms with van der Waals surface area (Å²) < 4.78 is 36.2. The van der Waals surface area contributed by atoms with E-state index in [1.807, 2.05) is 74.5 Å². The number of hydrogen-bond donors (Lipinski definition) is 0. The maximum Gasteiger partial charge on any atom is 0.224 e. The van der Waals surface area contributed by atoms with Crippen LogP contribution >= 0.6 is 0 Å². The Balaban J connectivity index is 1.48. The van der Waals surface area contributed by atoms with E-state index in [9.17, 15) is 0 Å². The van der Waals surface area contributed by atoms with Crippen molar-refractivity contribution in [3.05, 3.63) is 71.8 Å². The van der Waals surface area contributed by atoms with E-state index in [2.05, 4.69) is 0 Å². The minimum absolute atomic E-state index is 0.192. The predicted molar refractivity (Wildman–Crippen MR) is 106 cm³/mol. The molecule has 2 heterocycles. The van der Waals surface area contributed by atoms with Crippen molar-refractivity contribution in [2.24, 2.45) is 0 Å². The third-order valence-electron chi connectivity index (χ3n) is 5.17. The SMILES string of the molecule is CO[C@]1(COCc2ccccc2)O[C@@H]2OC(C)(C)O[C@@H]2[C@@H]1OCc1ccccc1. The average molecular weight is 400 g/mol. The third kappa shape index (κ3) is 4.53. The minimum Gasteiger partial charge on any atom is -0.371 e. The molecule has 0 aromatic heterocycles. The minimum atomic E-state index is -1.12. The molecular formula is C23H28O6. The molecule has 0 aliphatic carbocycles. The summed E-state index contributed by atoms with van der Waals surface area (Å²) in [6.45, 7) is 4.78.